The topological polar surface area (TPSA) is 45.2 Å². The molecule has 4 atom stereocenters. The molecular formula is C25H40N2O3. The van der Waals surface area contributed by atoms with Crippen molar-refractivity contribution in [1.82, 2.24) is 4.90 Å². The number of ether oxygens (including phenoxy) is 2. The molecule has 1 aromatic carbocycles. The first-order valence-electron chi connectivity index (χ1n) is 11.7. The second-order valence-electron chi connectivity index (χ2n) is 10.4. The molecule has 1 N–H and O–H groups in total. The van der Waals surface area contributed by atoms with Gasteiger partial charge in [0.25, 0.3) is 0 Å². The largest absolute Gasteiger partial charge is 0.495 e. The van der Waals surface area contributed by atoms with E-state index in [1.807, 2.05) is 12.1 Å². The molecule has 2 aliphatic carbocycles. The van der Waals surface area contributed by atoms with E-state index in [9.17, 15) is 5.11 Å². The van der Waals surface area contributed by atoms with Crippen LogP contribution >= 0.6 is 0 Å². The summed E-state index contributed by atoms with van der Waals surface area (Å²) in [6, 6.07) is 8.21. The van der Waals surface area contributed by atoms with Gasteiger partial charge < -0.3 is 19.5 Å². The highest BCUT2D eigenvalue weighted by molar-refractivity contribution is 5.58. The zero-order chi connectivity index (χ0) is 21.4. The van der Waals surface area contributed by atoms with Crippen LogP contribution in [0.2, 0.25) is 0 Å². The van der Waals surface area contributed by atoms with Crippen molar-refractivity contribution < 1.29 is 14.6 Å². The van der Waals surface area contributed by atoms with E-state index in [1.165, 1.54) is 19.3 Å². The Balaban J connectivity index is 1.18. The molecular weight excluding hydrogens is 376 g/mol. The maximum Gasteiger partial charge on any atom is 0.142 e. The molecule has 3 aliphatic rings. The summed E-state index contributed by atoms with van der Waals surface area (Å²) in [5, 5.41) is 10.6. The molecule has 1 aromatic rings. The van der Waals surface area contributed by atoms with E-state index in [1.54, 1.807) is 7.11 Å². The highest BCUT2D eigenvalue weighted by Crippen LogP contribution is 2.66. The van der Waals surface area contributed by atoms with E-state index >= 15 is 0 Å². The number of methoxy groups -OCH3 is 1. The van der Waals surface area contributed by atoms with Crippen LogP contribution in [0.4, 0.5) is 5.69 Å². The third-order valence-electron chi connectivity index (χ3n) is 8.75. The van der Waals surface area contributed by atoms with Crippen LogP contribution in [0.15, 0.2) is 24.3 Å². The molecule has 0 amide bonds. The zero-order valence-corrected chi connectivity index (χ0v) is 19.3. The van der Waals surface area contributed by atoms with E-state index in [0.717, 1.165) is 56.5 Å². The smallest absolute Gasteiger partial charge is 0.142 e. The third kappa shape index (κ3) is 3.96. The van der Waals surface area contributed by atoms with Gasteiger partial charge in [-0.3, -0.25) is 4.90 Å². The number of para-hydroxylation sites is 2. The minimum Gasteiger partial charge on any atom is -0.495 e. The van der Waals surface area contributed by atoms with Gasteiger partial charge in [-0.05, 0) is 54.6 Å². The average Bonchev–Trinajstić information content (AvgIpc) is 3.08. The molecule has 5 nitrogen and oxygen atoms in total. The van der Waals surface area contributed by atoms with Gasteiger partial charge in [0.2, 0.25) is 0 Å². The lowest BCUT2D eigenvalue weighted by molar-refractivity contribution is -0.0564. The number of β-amino-alcohol motifs (C(OH)–C–C–N with tert-alkyl or cyclic N) is 1. The monoisotopic (exact) mass is 416 g/mol. The minimum atomic E-state index is -0.317. The van der Waals surface area contributed by atoms with Gasteiger partial charge in [-0.2, -0.15) is 0 Å². The lowest BCUT2D eigenvalue weighted by atomic mass is 9.70. The van der Waals surface area contributed by atoms with Crippen molar-refractivity contribution in [2.45, 2.75) is 58.7 Å². The molecule has 1 saturated heterocycles. The molecule has 30 heavy (non-hydrogen) atoms. The summed E-state index contributed by atoms with van der Waals surface area (Å²) in [5.74, 6) is 1.73. The van der Waals surface area contributed by atoms with Gasteiger partial charge in [0.15, 0.2) is 0 Å². The Bertz CT molecular complexity index is 716. The van der Waals surface area contributed by atoms with Crippen molar-refractivity contribution in [3.05, 3.63) is 24.3 Å². The van der Waals surface area contributed by atoms with E-state index in [2.05, 4.69) is 42.7 Å². The molecule has 1 heterocycles. The number of anilines is 1. The van der Waals surface area contributed by atoms with Crippen molar-refractivity contribution in [3.63, 3.8) is 0 Å². The first kappa shape index (κ1) is 21.9. The number of benzene rings is 1. The minimum absolute atomic E-state index is 0.303. The fraction of sp³-hybridized carbons (Fsp3) is 0.760. The summed E-state index contributed by atoms with van der Waals surface area (Å²) >= 11 is 0. The van der Waals surface area contributed by atoms with Crippen molar-refractivity contribution in [1.29, 1.82) is 0 Å². The number of piperazine rings is 1. The second kappa shape index (κ2) is 8.68. The van der Waals surface area contributed by atoms with E-state index < -0.39 is 0 Å². The number of hydrogen-bond donors (Lipinski definition) is 1. The Labute approximate surface area is 182 Å². The van der Waals surface area contributed by atoms with Gasteiger partial charge in [-0.15, -0.1) is 0 Å². The van der Waals surface area contributed by atoms with Crippen molar-refractivity contribution >= 4 is 5.69 Å². The van der Waals surface area contributed by atoms with Gasteiger partial charge in [-0.25, -0.2) is 0 Å². The predicted molar refractivity (Wildman–Crippen MR) is 121 cm³/mol. The summed E-state index contributed by atoms with van der Waals surface area (Å²) in [5.41, 5.74) is 1.85. The van der Waals surface area contributed by atoms with Gasteiger partial charge in [0.05, 0.1) is 25.0 Å². The Morgan fingerprint density at radius 3 is 2.50 bits per heavy atom. The van der Waals surface area contributed by atoms with Crippen LogP contribution in [-0.2, 0) is 4.74 Å². The van der Waals surface area contributed by atoms with Crippen LogP contribution in [0.25, 0.3) is 0 Å². The number of fused-ring (bicyclic) bond motifs is 2. The quantitative estimate of drug-likeness (QED) is 0.698. The lowest BCUT2D eigenvalue weighted by Crippen LogP contribution is -2.48. The van der Waals surface area contributed by atoms with Crippen molar-refractivity contribution in [2.75, 3.05) is 51.3 Å². The molecule has 3 fully saturated rings. The van der Waals surface area contributed by atoms with Gasteiger partial charge in [0.1, 0.15) is 5.75 Å². The molecule has 2 saturated carbocycles. The maximum absolute atomic E-state index is 10.6. The number of nitrogens with zero attached hydrogens (tertiary/aromatic N) is 2. The first-order chi connectivity index (χ1) is 14.3. The predicted octanol–water partition coefficient (Wildman–Crippen LogP) is 3.80. The summed E-state index contributed by atoms with van der Waals surface area (Å²) in [6.07, 6.45) is 4.61. The number of rotatable bonds is 8. The van der Waals surface area contributed by atoms with Gasteiger partial charge in [-0.1, -0.05) is 32.9 Å². The normalized spacial score (nSPS) is 31.8. The fourth-order valence-corrected chi connectivity index (χ4v) is 6.18. The Kier molecular flexibility index (Phi) is 6.34. The summed E-state index contributed by atoms with van der Waals surface area (Å²) in [4.78, 5) is 4.75. The first-order valence-corrected chi connectivity index (χ1v) is 11.7. The van der Waals surface area contributed by atoms with E-state index in [0.29, 0.717) is 23.5 Å². The zero-order valence-electron chi connectivity index (χ0n) is 19.3. The van der Waals surface area contributed by atoms with Crippen LogP contribution in [0.3, 0.4) is 0 Å². The molecule has 0 spiro atoms. The van der Waals surface area contributed by atoms with Crippen LogP contribution in [0, 0.1) is 16.7 Å². The molecule has 4 rings (SSSR count). The molecule has 4 unspecified atom stereocenters. The molecule has 5 heteroatoms. The van der Waals surface area contributed by atoms with Crippen molar-refractivity contribution in [2.24, 2.45) is 16.7 Å². The molecule has 1 aliphatic heterocycles. The van der Waals surface area contributed by atoms with Crippen LogP contribution in [0.5, 0.6) is 5.75 Å². The average molecular weight is 417 g/mol. The standard InChI is InChI=1S/C25H40N2O3/c1-24(2)19-9-11-25(24,3)23(17-19)30-16-10-20(28)18-26-12-14-27(15-13-26)21-7-5-6-8-22(21)29-4/h5-8,19-20,23,28H,9-18H2,1-4H3. The maximum atomic E-state index is 10.6. The molecule has 2 bridgehead atoms. The lowest BCUT2D eigenvalue weighted by Gasteiger charge is -2.39. The summed E-state index contributed by atoms with van der Waals surface area (Å²) < 4.78 is 11.8. The number of hydrogen-bond acceptors (Lipinski definition) is 5. The Hall–Kier alpha value is -1.30. The SMILES string of the molecule is COc1ccccc1N1CCN(CC(O)CCOC2CC3CCC2(C)C3(C)C)CC1. The van der Waals surface area contributed by atoms with E-state index in [-0.39, 0.29) is 6.10 Å². The van der Waals surface area contributed by atoms with Crippen molar-refractivity contribution in [3.8, 4) is 5.75 Å². The van der Waals surface area contributed by atoms with Crippen LogP contribution in [0.1, 0.15) is 46.5 Å². The molecule has 168 valence electrons. The fourth-order valence-electron chi connectivity index (χ4n) is 6.18. The second-order valence-corrected chi connectivity index (χ2v) is 10.4. The van der Waals surface area contributed by atoms with Crippen LogP contribution < -0.4 is 9.64 Å². The Morgan fingerprint density at radius 1 is 1.13 bits per heavy atom. The highest BCUT2D eigenvalue weighted by Gasteiger charge is 2.61. The molecule has 0 aromatic heterocycles. The van der Waals surface area contributed by atoms with Gasteiger partial charge >= 0.3 is 0 Å². The van der Waals surface area contributed by atoms with E-state index in [4.69, 9.17) is 9.47 Å². The molecule has 0 radical (unpaired) electrons. The Morgan fingerprint density at radius 2 is 1.87 bits per heavy atom. The summed E-state index contributed by atoms with van der Waals surface area (Å²) in [7, 11) is 1.73. The van der Waals surface area contributed by atoms with Crippen LogP contribution in [-0.4, -0.2) is 68.7 Å². The third-order valence-corrected chi connectivity index (χ3v) is 8.75. The highest BCUT2D eigenvalue weighted by atomic mass is 16.5. The van der Waals surface area contributed by atoms with Gasteiger partial charge in [0, 0.05) is 39.3 Å². The summed E-state index contributed by atoms with van der Waals surface area (Å²) in [6.45, 7) is 12.5. The number of aliphatic hydroxyl groups is 1. The number of aliphatic hydroxyl groups excluding tert-OH is 1.